The van der Waals surface area contributed by atoms with E-state index in [1.165, 1.54) is 12.1 Å². The van der Waals surface area contributed by atoms with Crippen LogP contribution in [0.25, 0.3) is 0 Å². The molecule has 0 fully saturated rings. The van der Waals surface area contributed by atoms with Crippen molar-refractivity contribution in [3.8, 4) is 11.8 Å². The summed E-state index contributed by atoms with van der Waals surface area (Å²) in [4.78, 5) is -0.175. The van der Waals surface area contributed by atoms with E-state index in [1.807, 2.05) is 0 Å². The van der Waals surface area contributed by atoms with E-state index in [1.54, 1.807) is 6.92 Å². The van der Waals surface area contributed by atoms with Crippen LogP contribution in [0.15, 0.2) is 34.1 Å². The fraction of sp³-hybridized carbons (Fsp3) is 0.273. The third kappa shape index (κ3) is 4.84. The Morgan fingerprint density at radius 3 is 2.11 bits per heavy atom. The van der Waals surface area contributed by atoms with Crippen LogP contribution in [0, 0.1) is 11.8 Å². The number of sulfonamides is 1. The third-order valence-electron chi connectivity index (χ3n) is 2.13. The van der Waals surface area contributed by atoms with Crippen LogP contribution in [0.2, 0.25) is 0 Å². The molecule has 1 N–H and O–H groups in total. The Kier molecular flexibility index (Phi) is 5.38. The highest BCUT2D eigenvalue weighted by Gasteiger charge is 2.15. The molecule has 8 heteroatoms. The number of nitrogens with one attached hydrogen (secondary N) is 1. The van der Waals surface area contributed by atoms with Crippen LogP contribution in [0.5, 0.6) is 0 Å². The minimum atomic E-state index is -3.85. The van der Waals surface area contributed by atoms with Gasteiger partial charge in [0, 0.05) is 23.6 Å². The van der Waals surface area contributed by atoms with Gasteiger partial charge in [-0.1, -0.05) is 0 Å². The van der Waals surface area contributed by atoms with E-state index in [0.717, 1.165) is 12.1 Å². The molecule has 1 aromatic carbocycles. The van der Waals surface area contributed by atoms with Crippen LogP contribution in [0.1, 0.15) is 13.3 Å². The molecule has 104 valence electrons. The Balaban J connectivity index is 2.87. The van der Waals surface area contributed by atoms with Gasteiger partial charge in [-0.15, -0.1) is 11.8 Å². The lowest BCUT2D eigenvalue weighted by Crippen LogP contribution is -2.24. The lowest BCUT2D eigenvalue weighted by atomic mass is 10.4. The summed E-state index contributed by atoms with van der Waals surface area (Å²) in [5, 5.41) is 0. The van der Waals surface area contributed by atoms with Crippen LogP contribution in [-0.4, -0.2) is 23.4 Å². The molecule has 1 aromatic rings. The first-order valence-corrected chi connectivity index (χ1v) is 9.00. The molecule has 0 spiro atoms. The van der Waals surface area contributed by atoms with Gasteiger partial charge in [-0.25, -0.2) is 21.6 Å². The topological polar surface area (TPSA) is 80.3 Å². The first kappa shape index (κ1) is 16.0. The smallest absolute Gasteiger partial charge is 0.210 e. The monoisotopic (exact) mass is 321 g/mol. The summed E-state index contributed by atoms with van der Waals surface area (Å²) in [6.45, 7) is 1.86. The van der Waals surface area contributed by atoms with Gasteiger partial charge in [0.1, 0.15) is 0 Å². The Labute approximate surface area is 117 Å². The van der Waals surface area contributed by atoms with Gasteiger partial charge in [-0.2, -0.15) is 0 Å². The second-order valence-electron chi connectivity index (χ2n) is 3.48. The van der Waals surface area contributed by atoms with E-state index < -0.39 is 19.1 Å². The second-order valence-corrected chi connectivity index (χ2v) is 7.82. The molecule has 19 heavy (non-hydrogen) atoms. The molecule has 0 aliphatic carbocycles. The van der Waals surface area contributed by atoms with E-state index in [-0.39, 0.29) is 16.3 Å². The highest BCUT2D eigenvalue weighted by atomic mass is 35.7. The molecule has 0 unspecified atom stereocenters. The van der Waals surface area contributed by atoms with Crippen LogP contribution < -0.4 is 4.72 Å². The van der Waals surface area contributed by atoms with Gasteiger partial charge in [0.25, 0.3) is 9.05 Å². The van der Waals surface area contributed by atoms with Crippen molar-refractivity contribution in [2.75, 3.05) is 6.54 Å². The summed E-state index contributed by atoms with van der Waals surface area (Å²) < 4.78 is 48.0. The molecule has 0 radical (unpaired) electrons. The molecule has 0 aromatic heterocycles. The third-order valence-corrected chi connectivity index (χ3v) is 4.98. The predicted octanol–water partition coefficient (Wildman–Crippen LogP) is 1.31. The van der Waals surface area contributed by atoms with Crippen molar-refractivity contribution in [3.63, 3.8) is 0 Å². The first-order valence-electron chi connectivity index (χ1n) is 5.21. The van der Waals surface area contributed by atoms with E-state index in [4.69, 9.17) is 10.7 Å². The van der Waals surface area contributed by atoms with E-state index >= 15 is 0 Å². The Morgan fingerprint density at radius 1 is 1.11 bits per heavy atom. The zero-order valence-corrected chi connectivity index (χ0v) is 12.4. The maximum absolute atomic E-state index is 11.8. The maximum atomic E-state index is 11.8. The number of rotatable bonds is 5. The SMILES string of the molecule is CC#CCCNS(=O)(=O)c1ccc(S(=O)(=O)Cl)cc1. The summed E-state index contributed by atoms with van der Waals surface area (Å²) in [6.07, 6.45) is 0.407. The summed E-state index contributed by atoms with van der Waals surface area (Å²) in [6, 6.07) is 4.65. The van der Waals surface area contributed by atoms with Gasteiger partial charge < -0.3 is 0 Å². The summed E-state index contributed by atoms with van der Waals surface area (Å²) >= 11 is 0. The standard InChI is InChI=1S/C11H12ClNO4S2/c1-2-3-4-9-13-19(16,17)11-7-5-10(6-8-11)18(12,14)15/h5-8,13H,4,9H2,1H3. The first-order chi connectivity index (χ1) is 8.77. The van der Waals surface area contributed by atoms with Crippen molar-refractivity contribution in [1.29, 1.82) is 0 Å². The van der Waals surface area contributed by atoms with Crippen LogP contribution in [-0.2, 0) is 19.1 Å². The Bertz CT molecular complexity index is 697. The highest BCUT2D eigenvalue weighted by Crippen LogP contribution is 2.17. The molecule has 1 rings (SSSR count). The lowest BCUT2D eigenvalue weighted by molar-refractivity contribution is 0.582. The summed E-state index contributed by atoms with van der Waals surface area (Å²) in [5.41, 5.74) is 0. The molecular formula is C11H12ClNO4S2. The minimum Gasteiger partial charge on any atom is -0.210 e. The normalized spacial score (nSPS) is 11.7. The average molecular weight is 322 g/mol. The van der Waals surface area contributed by atoms with Crippen molar-refractivity contribution in [2.24, 2.45) is 0 Å². The highest BCUT2D eigenvalue weighted by molar-refractivity contribution is 8.13. The molecule has 0 saturated heterocycles. The molecular weight excluding hydrogens is 310 g/mol. The number of halogens is 1. The number of hydrogen-bond acceptors (Lipinski definition) is 4. The molecule has 0 saturated carbocycles. The molecule has 0 bridgehead atoms. The van der Waals surface area contributed by atoms with Crippen molar-refractivity contribution in [2.45, 2.75) is 23.1 Å². The van der Waals surface area contributed by atoms with Gasteiger partial charge in [0.15, 0.2) is 0 Å². The zero-order valence-electron chi connectivity index (χ0n) is 10.1. The molecule has 0 amide bonds. The minimum absolute atomic E-state index is 0.0268. The maximum Gasteiger partial charge on any atom is 0.261 e. The van der Waals surface area contributed by atoms with Gasteiger partial charge in [0.05, 0.1) is 9.79 Å². The fourth-order valence-corrected chi connectivity index (χ4v) is 3.04. The fourth-order valence-electron chi connectivity index (χ4n) is 1.24. The summed E-state index contributed by atoms with van der Waals surface area (Å²) in [7, 11) is -2.37. The Hall–Kier alpha value is -1.07. The van der Waals surface area contributed by atoms with Gasteiger partial charge >= 0.3 is 0 Å². The van der Waals surface area contributed by atoms with Crippen LogP contribution in [0.4, 0.5) is 0 Å². The van der Waals surface area contributed by atoms with Crippen molar-refractivity contribution in [1.82, 2.24) is 4.72 Å². The van der Waals surface area contributed by atoms with E-state index in [0.29, 0.717) is 6.42 Å². The van der Waals surface area contributed by atoms with Crippen molar-refractivity contribution >= 4 is 29.8 Å². The number of benzene rings is 1. The van der Waals surface area contributed by atoms with Gasteiger partial charge in [-0.05, 0) is 31.2 Å². The van der Waals surface area contributed by atoms with Crippen molar-refractivity contribution in [3.05, 3.63) is 24.3 Å². The average Bonchev–Trinajstić information content (AvgIpc) is 2.34. The van der Waals surface area contributed by atoms with Crippen LogP contribution >= 0.6 is 10.7 Å². The lowest BCUT2D eigenvalue weighted by Gasteiger charge is -2.05. The van der Waals surface area contributed by atoms with E-state index in [9.17, 15) is 16.8 Å². The molecule has 0 aliphatic rings. The molecule has 0 heterocycles. The van der Waals surface area contributed by atoms with Gasteiger partial charge in [-0.3, -0.25) is 0 Å². The number of hydrogen-bond donors (Lipinski definition) is 1. The molecule has 0 atom stereocenters. The molecule has 0 aliphatic heterocycles. The Morgan fingerprint density at radius 2 is 1.63 bits per heavy atom. The zero-order chi connectivity index (χ0) is 14.5. The van der Waals surface area contributed by atoms with Crippen molar-refractivity contribution < 1.29 is 16.8 Å². The largest absolute Gasteiger partial charge is 0.261 e. The molecule has 5 nitrogen and oxygen atoms in total. The quantitative estimate of drug-likeness (QED) is 0.503. The van der Waals surface area contributed by atoms with E-state index in [2.05, 4.69) is 16.6 Å². The van der Waals surface area contributed by atoms with Gasteiger partial charge in [0.2, 0.25) is 10.0 Å². The predicted molar refractivity (Wildman–Crippen MR) is 72.7 cm³/mol. The second kappa shape index (κ2) is 6.39. The van der Waals surface area contributed by atoms with Crippen LogP contribution in [0.3, 0.4) is 0 Å². The summed E-state index contributed by atoms with van der Waals surface area (Å²) in [5.74, 6) is 5.38.